The molecule has 8 heteroatoms. The Balaban J connectivity index is 1.21. The van der Waals surface area contributed by atoms with E-state index in [0.717, 1.165) is 11.3 Å². The molecule has 38 heavy (non-hydrogen) atoms. The molecule has 0 fully saturated rings. The molecule has 8 nitrogen and oxygen atoms in total. The number of carbonyl (C=O) groups is 3. The van der Waals surface area contributed by atoms with Gasteiger partial charge in [0.1, 0.15) is 24.7 Å². The van der Waals surface area contributed by atoms with Crippen LogP contribution in [0.15, 0.2) is 103 Å². The maximum absolute atomic E-state index is 12.5. The van der Waals surface area contributed by atoms with E-state index in [2.05, 4.69) is 16.2 Å². The van der Waals surface area contributed by atoms with Gasteiger partial charge in [-0.25, -0.2) is 0 Å². The van der Waals surface area contributed by atoms with Crippen LogP contribution in [0.25, 0.3) is 0 Å². The van der Waals surface area contributed by atoms with E-state index >= 15 is 0 Å². The Morgan fingerprint density at radius 2 is 1.08 bits per heavy atom. The smallest absolute Gasteiger partial charge is 0.269 e. The molecule has 0 heterocycles. The van der Waals surface area contributed by atoms with Gasteiger partial charge in [-0.15, -0.1) is 0 Å². The second-order valence-corrected chi connectivity index (χ2v) is 8.29. The number of aryl methyl sites for hydroxylation is 1. The van der Waals surface area contributed by atoms with Gasteiger partial charge in [0.2, 0.25) is 0 Å². The minimum atomic E-state index is -0.492. The maximum atomic E-state index is 12.5. The molecular weight excluding hydrogens is 482 g/mol. The van der Waals surface area contributed by atoms with Gasteiger partial charge < -0.3 is 14.8 Å². The molecule has 0 aliphatic rings. The molecule has 0 spiro atoms. The highest BCUT2D eigenvalue weighted by atomic mass is 16.5. The van der Waals surface area contributed by atoms with E-state index in [4.69, 9.17) is 9.47 Å². The second-order valence-electron chi connectivity index (χ2n) is 8.29. The van der Waals surface area contributed by atoms with Crippen molar-refractivity contribution in [3.05, 3.63) is 125 Å². The quantitative estimate of drug-likeness (QED) is 0.222. The summed E-state index contributed by atoms with van der Waals surface area (Å²) in [5.74, 6) is 0.167. The van der Waals surface area contributed by atoms with Crippen LogP contribution < -0.4 is 25.6 Å². The third kappa shape index (κ3) is 7.20. The third-order valence-corrected chi connectivity index (χ3v) is 5.56. The highest BCUT2D eigenvalue weighted by molar-refractivity contribution is 6.05. The van der Waals surface area contributed by atoms with Crippen LogP contribution in [0.1, 0.15) is 36.6 Å². The summed E-state index contributed by atoms with van der Waals surface area (Å²) in [7, 11) is 0. The van der Waals surface area contributed by atoms with E-state index < -0.39 is 11.8 Å². The molecule has 0 unspecified atom stereocenters. The lowest BCUT2D eigenvalue weighted by atomic mass is 10.1. The minimum Gasteiger partial charge on any atom is -0.490 e. The first-order valence-electron chi connectivity index (χ1n) is 12.0. The lowest BCUT2D eigenvalue weighted by molar-refractivity contribution is 0.0846. The molecule has 0 bridgehead atoms. The SMILES string of the molecule is Cc1ccccc1C(=O)Nc1ccc(C(=O)NNC(=O)c2ccc(OCCOc3ccccc3)cc2)cc1. The summed E-state index contributed by atoms with van der Waals surface area (Å²) in [5.41, 5.74) is 7.45. The Morgan fingerprint density at radius 3 is 1.66 bits per heavy atom. The van der Waals surface area contributed by atoms with Crippen LogP contribution in [-0.2, 0) is 0 Å². The molecule has 0 radical (unpaired) electrons. The number of rotatable bonds is 9. The standard InChI is InChI=1S/C30H27N3O5/c1-21-7-5-6-10-27(21)30(36)31-24-15-11-22(12-16-24)28(34)32-33-29(35)23-13-17-26(18-14-23)38-20-19-37-25-8-3-2-4-9-25/h2-18H,19-20H2,1H3,(H,31,36)(H,32,34)(H,33,35). The summed E-state index contributed by atoms with van der Waals surface area (Å²) in [6, 6.07) is 29.6. The van der Waals surface area contributed by atoms with Crippen LogP contribution in [0.3, 0.4) is 0 Å². The van der Waals surface area contributed by atoms with Crippen LogP contribution in [0.4, 0.5) is 5.69 Å². The lowest BCUT2D eigenvalue weighted by Crippen LogP contribution is -2.41. The predicted molar refractivity (Wildman–Crippen MR) is 144 cm³/mol. The van der Waals surface area contributed by atoms with E-state index in [1.54, 1.807) is 60.7 Å². The number of hydrazine groups is 1. The van der Waals surface area contributed by atoms with Crippen molar-refractivity contribution >= 4 is 23.4 Å². The van der Waals surface area contributed by atoms with E-state index in [9.17, 15) is 14.4 Å². The first kappa shape index (κ1) is 26.0. The number of hydrogen-bond acceptors (Lipinski definition) is 5. The fraction of sp³-hybridized carbons (Fsp3) is 0.100. The largest absolute Gasteiger partial charge is 0.490 e. The molecule has 0 saturated heterocycles. The van der Waals surface area contributed by atoms with Crippen molar-refractivity contribution in [2.75, 3.05) is 18.5 Å². The molecule has 0 aromatic heterocycles. The summed E-state index contributed by atoms with van der Waals surface area (Å²) in [5, 5.41) is 2.81. The van der Waals surface area contributed by atoms with E-state index in [1.165, 1.54) is 0 Å². The van der Waals surface area contributed by atoms with Crippen molar-refractivity contribution in [2.24, 2.45) is 0 Å². The van der Waals surface area contributed by atoms with Gasteiger partial charge in [-0.2, -0.15) is 0 Å². The number of para-hydroxylation sites is 1. The van der Waals surface area contributed by atoms with E-state index in [1.807, 2.05) is 49.4 Å². The van der Waals surface area contributed by atoms with Crippen molar-refractivity contribution in [3.8, 4) is 11.5 Å². The predicted octanol–water partition coefficient (Wildman–Crippen LogP) is 4.78. The highest BCUT2D eigenvalue weighted by Crippen LogP contribution is 2.15. The Kier molecular flexibility index (Phi) is 8.70. The van der Waals surface area contributed by atoms with Crippen molar-refractivity contribution in [3.63, 3.8) is 0 Å². The van der Waals surface area contributed by atoms with Crippen molar-refractivity contribution in [1.29, 1.82) is 0 Å². The molecule has 0 saturated carbocycles. The molecule has 3 N–H and O–H groups in total. The lowest BCUT2D eigenvalue weighted by Gasteiger charge is -2.10. The monoisotopic (exact) mass is 509 g/mol. The highest BCUT2D eigenvalue weighted by Gasteiger charge is 2.11. The van der Waals surface area contributed by atoms with Crippen LogP contribution in [0.5, 0.6) is 11.5 Å². The number of anilines is 1. The molecule has 0 aliphatic carbocycles. The molecular formula is C30H27N3O5. The number of carbonyl (C=O) groups excluding carboxylic acids is 3. The van der Waals surface area contributed by atoms with Gasteiger partial charge in [-0.3, -0.25) is 25.2 Å². The van der Waals surface area contributed by atoms with Gasteiger partial charge in [0.15, 0.2) is 0 Å². The zero-order valence-corrected chi connectivity index (χ0v) is 20.8. The Hall–Kier alpha value is -5.11. The Morgan fingerprint density at radius 1 is 0.579 bits per heavy atom. The molecule has 4 aromatic rings. The van der Waals surface area contributed by atoms with Gasteiger partial charge in [-0.1, -0.05) is 36.4 Å². The first-order valence-corrected chi connectivity index (χ1v) is 12.0. The molecule has 0 atom stereocenters. The fourth-order valence-corrected chi connectivity index (χ4v) is 3.53. The number of hydrogen-bond donors (Lipinski definition) is 3. The fourth-order valence-electron chi connectivity index (χ4n) is 3.53. The average molecular weight is 510 g/mol. The maximum Gasteiger partial charge on any atom is 0.269 e. The number of ether oxygens (including phenoxy) is 2. The summed E-state index contributed by atoms with van der Waals surface area (Å²) < 4.78 is 11.2. The molecule has 192 valence electrons. The van der Waals surface area contributed by atoms with Crippen molar-refractivity contribution in [1.82, 2.24) is 10.9 Å². The van der Waals surface area contributed by atoms with Gasteiger partial charge >= 0.3 is 0 Å². The molecule has 4 aromatic carbocycles. The van der Waals surface area contributed by atoms with Crippen LogP contribution in [0.2, 0.25) is 0 Å². The number of benzene rings is 4. The molecule has 3 amide bonds. The Labute approximate surface area is 220 Å². The van der Waals surface area contributed by atoms with Gasteiger partial charge in [0.05, 0.1) is 0 Å². The van der Waals surface area contributed by atoms with Crippen LogP contribution in [0, 0.1) is 6.92 Å². The summed E-state index contributed by atoms with van der Waals surface area (Å²) in [6.45, 7) is 2.60. The van der Waals surface area contributed by atoms with Crippen molar-refractivity contribution in [2.45, 2.75) is 6.92 Å². The minimum absolute atomic E-state index is 0.232. The first-order chi connectivity index (χ1) is 18.5. The Bertz CT molecular complexity index is 1390. The zero-order valence-electron chi connectivity index (χ0n) is 20.8. The van der Waals surface area contributed by atoms with E-state index in [0.29, 0.717) is 41.3 Å². The van der Waals surface area contributed by atoms with Crippen LogP contribution >= 0.6 is 0 Å². The average Bonchev–Trinajstić information content (AvgIpc) is 2.95. The van der Waals surface area contributed by atoms with E-state index in [-0.39, 0.29) is 5.91 Å². The zero-order chi connectivity index (χ0) is 26.7. The second kappa shape index (κ2) is 12.7. The molecule has 4 rings (SSSR count). The summed E-state index contributed by atoms with van der Waals surface area (Å²) in [4.78, 5) is 37.3. The summed E-state index contributed by atoms with van der Waals surface area (Å²) in [6.07, 6.45) is 0. The van der Waals surface area contributed by atoms with Gasteiger partial charge in [0, 0.05) is 22.4 Å². The van der Waals surface area contributed by atoms with Gasteiger partial charge in [-0.05, 0) is 79.2 Å². The van der Waals surface area contributed by atoms with Gasteiger partial charge in [0.25, 0.3) is 17.7 Å². The molecule has 0 aliphatic heterocycles. The van der Waals surface area contributed by atoms with Crippen molar-refractivity contribution < 1.29 is 23.9 Å². The van der Waals surface area contributed by atoms with Crippen LogP contribution in [-0.4, -0.2) is 30.9 Å². The third-order valence-electron chi connectivity index (χ3n) is 5.56. The number of amides is 3. The summed E-state index contributed by atoms with van der Waals surface area (Å²) >= 11 is 0. The topological polar surface area (TPSA) is 106 Å². The normalized spacial score (nSPS) is 10.2. The number of nitrogens with one attached hydrogen (secondary N) is 3.